The molecular weight excluding hydrogens is 258 g/mol. The molecule has 1 aliphatic carbocycles. The lowest BCUT2D eigenvalue weighted by molar-refractivity contribution is 0.311. The minimum absolute atomic E-state index is 0.360. The van der Waals surface area contributed by atoms with Gasteiger partial charge in [0.2, 0.25) is 0 Å². The van der Waals surface area contributed by atoms with Crippen LogP contribution in [0.15, 0.2) is 36.7 Å². The van der Waals surface area contributed by atoms with E-state index in [0.29, 0.717) is 12.0 Å². The van der Waals surface area contributed by atoms with E-state index in [-0.39, 0.29) is 0 Å². The SMILES string of the molecule is CCNC(c1nccn1CC)C1CCc2ccccc2C1. The van der Waals surface area contributed by atoms with Gasteiger partial charge in [-0.15, -0.1) is 0 Å². The third-order valence-corrected chi connectivity index (χ3v) is 4.65. The predicted octanol–water partition coefficient (Wildman–Crippen LogP) is 3.36. The highest BCUT2D eigenvalue weighted by atomic mass is 15.1. The van der Waals surface area contributed by atoms with E-state index in [0.717, 1.165) is 19.5 Å². The van der Waals surface area contributed by atoms with Gasteiger partial charge in [0.15, 0.2) is 0 Å². The second kappa shape index (κ2) is 6.44. The zero-order chi connectivity index (χ0) is 14.7. The van der Waals surface area contributed by atoms with Crippen LogP contribution in [0.1, 0.15) is 43.3 Å². The van der Waals surface area contributed by atoms with E-state index < -0.39 is 0 Å². The molecule has 1 heterocycles. The first-order chi connectivity index (χ1) is 10.3. The van der Waals surface area contributed by atoms with E-state index in [1.54, 1.807) is 0 Å². The highest BCUT2D eigenvalue weighted by Gasteiger charge is 2.29. The standard InChI is InChI=1S/C18H25N3/c1-3-19-17(18-20-11-12-21(18)4-2)16-10-9-14-7-5-6-8-15(14)13-16/h5-8,11-12,16-17,19H,3-4,9-10,13H2,1-2H3. The van der Waals surface area contributed by atoms with Crippen LogP contribution in [-0.2, 0) is 19.4 Å². The van der Waals surface area contributed by atoms with Crippen molar-refractivity contribution in [2.75, 3.05) is 6.54 Å². The molecule has 2 unspecified atom stereocenters. The molecule has 3 heteroatoms. The van der Waals surface area contributed by atoms with Gasteiger partial charge < -0.3 is 9.88 Å². The van der Waals surface area contributed by atoms with Crippen LogP contribution in [0.3, 0.4) is 0 Å². The molecule has 0 fully saturated rings. The third-order valence-electron chi connectivity index (χ3n) is 4.65. The molecule has 0 saturated heterocycles. The highest BCUT2D eigenvalue weighted by molar-refractivity contribution is 5.30. The van der Waals surface area contributed by atoms with Crippen molar-refractivity contribution in [3.8, 4) is 0 Å². The van der Waals surface area contributed by atoms with Gasteiger partial charge in [0, 0.05) is 18.9 Å². The monoisotopic (exact) mass is 283 g/mol. The molecule has 0 aliphatic heterocycles. The Balaban J connectivity index is 1.86. The van der Waals surface area contributed by atoms with Crippen LogP contribution in [0.5, 0.6) is 0 Å². The fourth-order valence-electron chi connectivity index (χ4n) is 3.57. The van der Waals surface area contributed by atoms with Crippen molar-refractivity contribution in [3.05, 3.63) is 53.6 Å². The largest absolute Gasteiger partial charge is 0.334 e. The number of hydrogen-bond donors (Lipinski definition) is 1. The number of nitrogens with one attached hydrogen (secondary N) is 1. The van der Waals surface area contributed by atoms with Crippen molar-refractivity contribution in [1.82, 2.24) is 14.9 Å². The third kappa shape index (κ3) is 2.88. The van der Waals surface area contributed by atoms with Gasteiger partial charge in [-0.25, -0.2) is 4.98 Å². The zero-order valence-electron chi connectivity index (χ0n) is 13.0. The number of aromatic nitrogens is 2. The molecule has 0 saturated carbocycles. The highest BCUT2D eigenvalue weighted by Crippen LogP contribution is 2.33. The number of nitrogens with zero attached hydrogens (tertiary/aromatic N) is 2. The van der Waals surface area contributed by atoms with Gasteiger partial charge in [-0.3, -0.25) is 0 Å². The number of fused-ring (bicyclic) bond motifs is 1. The van der Waals surface area contributed by atoms with Crippen LogP contribution in [0.25, 0.3) is 0 Å². The Hall–Kier alpha value is -1.61. The van der Waals surface area contributed by atoms with E-state index in [1.165, 1.54) is 29.8 Å². The Morgan fingerprint density at radius 2 is 2.10 bits per heavy atom. The van der Waals surface area contributed by atoms with E-state index in [2.05, 4.69) is 59.2 Å². The maximum Gasteiger partial charge on any atom is 0.126 e. The Morgan fingerprint density at radius 1 is 1.29 bits per heavy atom. The fourth-order valence-corrected chi connectivity index (χ4v) is 3.57. The summed E-state index contributed by atoms with van der Waals surface area (Å²) in [6.07, 6.45) is 7.61. The molecule has 2 aromatic rings. The van der Waals surface area contributed by atoms with Crippen molar-refractivity contribution >= 4 is 0 Å². The normalized spacial score (nSPS) is 19.2. The second-order valence-electron chi connectivity index (χ2n) is 5.88. The summed E-state index contributed by atoms with van der Waals surface area (Å²) < 4.78 is 2.27. The number of hydrogen-bond acceptors (Lipinski definition) is 2. The first-order valence-electron chi connectivity index (χ1n) is 8.14. The second-order valence-corrected chi connectivity index (χ2v) is 5.88. The van der Waals surface area contributed by atoms with Gasteiger partial charge in [0.05, 0.1) is 6.04 Å². The van der Waals surface area contributed by atoms with E-state index in [4.69, 9.17) is 0 Å². The van der Waals surface area contributed by atoms with Crippen molar-refractivity contribution in [2.24, 2.45) is 5.92 Å². The summed E-state index contributed by atoms with van der Waals surface area (Å²) >= 11 is 0. The van der Waals surface area contributed by atoms with Crippen LogP contribution in [0.4, 0.5) is 0 Å². The Bertz CT molecular complexity index is 588. The van der Waals surface area contributed by atoms with Gasteiger partial charge in [-0.05, 0) is 49.8 Å². The summed E-state index contributed by atoms with van der Waals surface area (Å²) in [6.45, 7) is 6.34. The minimum Gasteiger partial charge on any atom is -0.334 e. The molecule has 3 nitrogen and oxygen atoms in total. The lowest BCUT2D eigenvalue weighted by atomic mass is 9.79. The Kier molecular flexibility index (Phi) is 4.39. The van der Waals surface area contributed by atoms with E-state index in [9.17, 15) is 0 Å². The summed E-state index contributed by atoms with van der Waals surface area (Å²) in [6, 6.07) is 9.25. The van der Waals surface area contributed by atoms with Crippen LogP contribution < -0.4 is 5.32 Å². The lowest BCUT2D eigenvalue weighted by Crippen LogP contribution is -2.33. The number of rotatable bonds is 5. The zero-order valence-corrected chi connectivity index (χ0v) is 13.0. The number of aryl methyl sites for hydroxylation is 2. The van der Waals surface area contributed by atoms with Crippen molar-refractivity contribution in [3.63, 3.8) is 0 Å². The summed E-state index contributed by atoms with van der Waals surface area (Å²) in [5.74, 6) is 1.83. The quantitative estimate of drug-likeness (QED) is 0.912. The topological polar surface area (TPSA) is 29.9 Å². The first-order valence-corrected chi connectivity index (χ1v) is 8.14. The average molecular weight is 283 g/mol. The van der Waals surface area contributed by atoms with E-state index in [1.807, 2.05) is 6.20 Å². The molecule has 21 heavy (non-hydrogen) atoms. The molecule has 1 aromatic heterocycles. The molecule has 0 amide bonds. The number of imidazole rings is 1. The van der Waals surface area contributed by atoms with E-state index >= 15 is 0 Å². The van der Waals surface area contributed by atoms with Gasteiger partial charge in [0.25, 0.3) is 0 Å². The van der Waals surface area contributed by atoms with Crippen LogP contribution in [-0.4, -0.2) is 16.1 Å². The molecule has 112 valence electrons. The molecule has 2 atom stereocenters. The molecule has 1 N–H and O–H groups in total. The summed E-state index contributed by atoms with van der Waals surface area (Å²) in [5, 5.41) is 3.68. The van der Waals surface area contributed by atoms with Gasteiger partial charge in [0.1, 0.15) is 5.82 Å². The van der Waals surface area contributed by atoms with Crippen molar-refractivity contribution in [1.29, 1.82) is 0 Å². The molecule has 1 aromatic carbocycles. The summed E-state index contributed by atoms with van der Waals surface area (Å²) in [5.41, 5.74) is 3.05. The maximum absolute atomic E-state index is 4.64. The molecule has 0 bridgehead atoms. The Morgan fingerprint density at radius 3 is 2.86 bits per heavy atom. The van der Waals surface area contributed by atoms with Crippen molar-refractivity contribution in [2.45, 2.75) is 45.7 Å². The Labute approximate surface area is 127 Å². The summed E-state index contributed by atoms with van der Waals surface area (Å²) in [7, 11) is 0. The summed E-state index contributed by atoms with van der Waals surface area (Å²) in [4.78, 5) is 4.64. The predicted molar refractivity (Wildman–Crippen MR) is 86.3 cm³/mol. The maximum atomic E-state index is 4.64. The van der Waals surface area contributed by atoms with Gasteiger partial charge >= 0.3 is 0 Å². The molecule has 0 spiro atoms. The minimum atomic E-state index is 0.360. The molecule has 0 radical (unpaired) electrons. The van der Waals surface area contributed by atoms with Crippen LogP contribution >= 0.6 is 0 Å². The average Bonchev–Trinajstić information content (AvgIpc) is 3.00. The lowest BCUT2D eigenvalue weighted by Gasteiger charge is -2.32. The van der Waals surface area contributed by atoms with Crippen molar-refractivity contribution < 1.29 is 0 Å². The smallest absolute Gasteiger partial charge is 0.126 e. The van der Waals surface area contributed by atoms with Crippen LogP contribution in [0, 0.1) is 5.92 Å². The fraction of sp³-hybridized carbons (Fsp3) is 0.500. The number of benzene rings is 1. The first kappa shape index (κ1) is 14.3. The van der Waals surface area contributed by atoms with Crippen LogP contribution in [0.2, 0.25) is 0 Å². The molecular formula is C18H25N3. The molecule has 3 rings (SSSR count). The van der Waals surface area contributed by atoms with Gasteiger partial charge in [-0.2, -0.15) is 0 Å². The molecule has 1 aliphatic rings. The van der Waals surface area contributed by atoms with Gasteiger partial charge in [-0.1, -0.05) is 31.2 Å².